The molecule has 1 aliphatic heterocycles. The van der Waals surface area contributed by atoms with Crippen molar-refractivity contribution in [1.29, 1.82) is 0 Å². The highest BCUT2D eigenvalue weighted by Gasteiger charge is 2.37. The standard InChI is InChI=1S/C20H27N/c1-6-14-20(9-4)18(8-3)17(7-2)19(21-20)16-12-10-15(5)11-13-16/h6,10-14H,7-9H2,1-5H3/b14-6+. The maximum Gasteiger partial charge on any atom is 0.101 e. The van der Waals surface area contributed by atoms with Crippen molar-refractivity contribution in [3.8, 4) is 0 Å². The van der Waals surface area contributed by atoms with Crippen molar-refractivity contribution < 1.29 is 0 Å². The zero-order valence-electron chi connectivity index (χ0n) is 14.0. The lowest BCUT2D eigenvalue weighted by Gasteiger charge is -2.25. The molecule has 21 heavy (non-hydrogen) atoms. The van der Waals surface area contributed by atoms with Crippen molar-refractivity contribution in [2.24, 2.45) is 4.99 Å². The first-order valence-corrected chi connectivity index (χ1v) is 8.15. The van der Waals surface area contributed by atoms with Gasteiger partial charge in [0.1, 0.15) is 5.54 Å². The summed E-state index contributed by atoms with van der Waals surface area (Å²) in [5.41, 5.74) is 6.58. The zero-order valence-corrected chi connectivity index (χ0v) is 14.0. The number of hydrogen-bond donors (Lipinski definition) is 0. The summed E-state index contributed by atoms with van der Waals surface area (Å²) in [5.74, 6) is 0. The van der Waals surface area contributed by atoms with Crippen LogP contribution in [0.25, 0.3) is 0 Å². The van der Waals surface area contributed by atoms with Gasteiger partial charge in [0, 0.05) is 5.56 Å². The van der Waals surface area contributed by atoms with Crippen molar-refractivity contribution in [3.63, 3.8) is 0 Å². The van der Waals surface area contributed by atoms with E-state index >= 15 is 0 Å². The molecule has 0 spiro atoms. The minimum absolute atomic E-state index is 0.116. The first-order chi connectivity index (χ1) is 10.1. The molecule has 2 rings (SSSR count). The number of hydrogen-bond acceptors (Lipinski definition) is 1. The van der Waals surface area contributed by atoms with Crippen LogP contribution in [-0.2, 0) is 0 Å². The van der Waals surface area contributed by atoms with E-state index in [1.165, 1.54) is 28.0 Å². The number of benzene rings is 1. The van der Waals surface area contributed by atoms with Crippen LogP contribution in [-0.4, -0.2) is 11.3 Å². The molecule has 1 nitrogen and oxygen atoms in total. The third-order valence-electron chi connectivity index (χ3n) is 4.50. The third kappa shape index (κ3) is 2.74. The Labute approximate surface area is 129 Å². The second-order valence-corrected chi connectivity index (χ2v) is 5.77. The number of rotatable bonds is 5. The Bertz CT molecular complexity index is 587. The lowest BCUT2D eigenvalue weighted by Crippen LogP contribution is -2.23. The maximum atomic E-state index is 5.19. The van der Waals surface area contributed by atoms with Gasteiger partial charge in [-0.05, 0) is 44.3 Å². The predicted octanol–water partition coefficient (Wildman–Crippen LogP) is 5.64. The van der Waals surface area contributed by atoms with Gasteiger partial charge in [0.15, 0.2) is 0 Å². The van der Waals surface area contributed by atoms with E-state index in [9.17, 15) is 0 Å². The number of nitrogens with zero attached hydrogens (tertiary/aromatic N) is 1. The summed E-state index contributed by atoms with van der Waals surface area (Å²) >= 11 is 0. The Kier molecular flexibility index (Phi) is 4.82. The van der Waals surface area contributed by atoms with Crippen molar-refractivity contribution >= 4 is 5.71 Å². The van der Waals surface area contributed by atoms with Crippen molar-refractivity contribution in [3.05, 3.63) is 58.7 Å². The number of allylic oxidation sites excluding steroid dienone is 2. The van der Waals surface area contributed by atoms with E-state index in [0.29, 0.717) is 0 Å². The minimum Gasteiger partial charge on any atom is -0.269 e. The van der Waals surface area contributed by atoms with Crippen molar-refractivity contribution in [1.82, 2.24) is 0 Å². The molecule has 0 saturated heterocycles. The summed E-state index contributed by atoms with van der Waals surface area (Å²) in [6, 6.07) is 8.77. The van der Waals surface area contributed by atoms with Crippen molar-refractivity contribution in [2.45, 2.75) is 59.4 Å². The number of aliphatic imine (C=N–C) groups is 1. The van der Waals surface area contributed by atoms with E-state index in [1.807, 2.05) is 0 Å². The molecule has 1 aromatic rings. The molecule has 0 radical (unpaired) electrons. The average Bonchev–Trinajstić information content (AvgIpc) is 2.82. The van der Waals surface area contributed by atoms with Crippen LogP contribution >= 0.6 is 0 Å². The number of aryl methyl sites for hydroxylation is 1. The van der Waals surface area contributed by atoms with Crippen molar-refractivity contribution in [2.75, 3.05) is 0 Å². The summed E-state index contributed by atoms with van der Waals surface area (Å²) in [4.78, 5) is 5.19. The average molecular weight is 281 g/mol. The van der Waals surface area contributed by atoms with E-state index in [0.717, 1.165) is 19.3 Å². The molecular weight excluding hydrogens is 254 g/mol. The predicted molar refractivity (Wildman–Crippen MR) is 93.2 cm³/mol. The smallest absolute Gasteiger partial charge is 0.101 e. The normalized spacial score (nSPS) is 22.2. The maximum absolute atomic E-state index is 5.19. The van der Waals surface area contributed by atoms with Crippen LogP contribution in [0.15, 0.2) is 52.6 Å². The lowest BCUT2D eigenvalue weighted by molar-refractivity contribution is 0.587. The molecule has 1 atom stereocenters. The van der Waals surface area contributed by atoms with Crippen LogP contribution in [0.2, 0.25) is 0 Å². The molecule has 1 unspecified atom stereocenters. The van der Waals surface area contributed by atoms with Gasteiger partial charge in [-0.3, -0.25) is 4.99 Å². The zero-order chi connectivity index (χ0) is 15.5. The minimum atomic E-state index is -0.116. The molecule has 0 aromatic heterocycles. The monoisotopic (exact) mass is 281 g/mol. The molecule has 0 fully saturated rings. The molecule has 0 saturated carbocycles. The first kappa shape index (κ1) is 15.8. The topological polar surface area (TPSA) is 12.4 Å². The van der Waals surface area contributed by atoms with Gasteiger partial charge in [-0.15, -0.1) is 0 Å². The molecule has 112 valence electrons. The fourth-order valence-electron chi connectivity index (χ4n) is 3.41. The molecule has 0 aliphatic carbocycles. The highest BCUT2D eigenvalue weighted by Crippen LogP contribution is 2.40. The SMILES string of the molecule is C/C=C/C1(CC)N=C(c2ccc(C)cc2)C(CC)=C1CC. The molecular formula is C20H27N. The van der Waals surface area contributed by atoms with Gasteiger partial charge < -0.3 is 0 Å². The van der Waals surface area contributed by atoms with Crippen LogP contribution in [0, 0.1) is 6.92 Å². The van der Waals surface area contributed by atoms with E-state index in [4.69, 9.17) is 4.99 Å². The van der Waals surface area contributed by atoms with Crippen LogP contribution < -0.4 is 0 Å². The largest absolute Gasteiger partial charge is 0.269 e. The van der Waals surface area contributed by atoms with Gasteiger partial charge in [-0.25, -0.2) is 0 Å². The lowest BCUT2D eigenvalue weighted by atomic mass is 9.83. The van der Waals surface area contributed by atoms with E-state index in [2.05, 4.69) is 71.0 Å². The van der Waals surface area contributed by atoms with Gasteiger partial charge in [-0.1, -0.05) is 62.8 Å². The van der Waals surface area contributed by atoms with Gasteiger partial charge in [0.2, 0.25) is 0 Å². The van der Waals surface area contributed by atoms with E-state index in [-0.39, 0.29) is 5.54 Å². The van der Waals surface area contributed by atoms with E-state index in [1.54, 1.807) is 0 Å². The Balaban J connectivity index is 2.61. The Hall–Kier alpha value is -1.63. The second kappa shape index (κ2) is 6.43. The van der Waals surface area contributed by atoms with Gasteiger partial charge in [0.25, 0.3) is 0 Å². The Morgan fingerprint density at radius 1 is 1.05 bits per heavy atom. The molecule has 1 heteroatoms. The summed E-state index contributed by atoms with van der Waals surface area (Å²) in [6.07, 6.45) is 7.57. The quantitative estimate of drug-likeness (QED) is 0.619. The van der Waals surface area contributed by atoms with E-state index < -0.39 is 0 Å². The fraction of sp³-hybridized carbons (Fsp3) is 0.450. The highest BCUT2D eigenvalue weighted by molar-refractivity contribution is 6.15. The fourth-order valence-corrected chi connectivity index (χ4v) is 3.41. The summed E-state index contributed by atoms with van der Waals surface area (Å²) in [6.45, 7) is 11.0. The van der Waals surface area contributed by atoms with Crippen LogP contribution in [0.4, 0.5) is 0 Å². The molecule has 0 N–H and O–H groups in total. The molecule has 1 heterocycles. The molecule has 0 bridgehead atoms. The van der Waals surface area contributed by atoms with Gasteiger partial charge >= 0.3 is 0 Å². The summed E-state index contributed by atoms with van der Waals surface area (Å²) < 4.78 is 0. The first-order valence-electron chi connectivity index (χ1n) is 8.15. The Morgan fingerprint density at radius 2 is 1.71 bits per heavy atom. The van der Waals surface area contributed by atoms with Crippen LogP contribution in [0.1, 0.15) is 58.1 Å². The second-order valence-electron chi connectivity index (χ2n) is 5.77. The van der Waals surface area contributed by atoms with Gasteiger partial charge in [0.05, 0.1) is 5.71 Å². The molecule has 1 aromatic carbocycles. The highest BCUT2D eigenvalue weighted by atomic mass is 14.9. The summed E-state index contributed by atoms with van der Waals surface area (Å²) in [7, 11) is 0. The molecule has 1 aliphatic rings. The van der Waals surface area contributed by atoms with Crippen LogP contribution in [0.3, 0.4) is 0 Å². The van der Waals surface area contributed by atoms with Gasteiger partial charge in [-0.2, -0.15) is 0 Å². The molecule has 0 amide bonds. The summed E-state index contributed by atoms with van der Waals surface area (Å²) in [5, 5.41) is 0. The van der Waals surface area contributed by atoms with Crippen LogP contribution in [0.5, 0.6) is 0 Å². The third-order valence-corrected chi connectivity index (χ3v) is 4.50. The Morgan fingerprint density at radius 3 is 2.19 bits per heavy atom.